The van der Waals surface area contributed by atoms with E-state index in [0.29, 0.717) is 16.5 Å². The van der Waals surface area contributed by atoms with Crippen LogP contribution in [0.15, 0.2) is 94.3 Å². The van der Waals surface area contributed by atoms with Gasteiger partial charge < -0.3 is 8.98 Å². The molecule has 0 aliphatic rings. The first-order valence-electron chi connectivity index (χ1n) is 10.3. The van der Waals surface area contributed by atoms with Crippen molar-refractivity contribution in [1.29, 1.82) is 0 Å². The van der Waals surface area contributed by atoms with Gasteiger partial charge in [0.15, 0.2) is 5.78 Å². The molecule has 0 unspecified atom stereocenters. The van der Waals surface area contributed by atoms with Gasteiger partial charge in [-0.3, -0.25) is 4.79 Å². The maximum atomic E-state index is 13.6. The minimum absolute atomic E-state index is 0.0519. The molecule has 4 nitrogen and oxygen atoms in total. The second-order valence-electron chi connectivity index (χ2n) is 7.69. The van der Waals surface area contributed by atoms with Gasteiger partial charge in [0.1, 0.15) is 22.8 Å². The van der Waals surface area contributed by atoms with E-state index >= 15 is 0 Å². The van der Waals surface area contributed by atoms with E-state index in [1.807, 2.05) is 28.8 Å². The smallest absolute Gasteiger partial charge is 0.347 e. The molecule has 33 heavy (non-hydrogen) atoms. The van der Waals surface area contributed by atoms with Crippen LogP contribution in [0.2, 0.25) is 0 Å². The number of halogens is 2. The first-order valence-corrected chi connectivity index (χ1v) is 10.3. The Bertz CT molecular complexity index is 1590. The first kappa shape index (κ1) is 20.6. The number of carbonyl (C=O) groups is 1. The monoisotopic (exact) mass is 441 g/mol. The van der Waals surface area contributed by atoms with Crippen molar-refractivity contribution in [2.75, 3.05) is 0 Å². The summed E-state index contributed by atoms with van der Waals surface area (Å²) in [6.45, 7) is 0.255. The molecule has 0 atom stereocenters. The van der Waals surface area contributed by atoms with Crippen LogP contribution in [-0.4, -0.2) is 10.4 Å². The lowest BCUT2D eigenvalue weighted by Crippen LogP contribution is -2.11. The molecule has 0 fully saturated rings. The van der Waals surface area contributed by atoms with Gasteiger partial charge in [0, 0.05) is 40.7 Å². The molecule has 0 bridgehead atoms. The molecule has 5 rings (SSSR count). The molecule has 0 amide bonds. The molecule has 0 spiro atoms. The Morgan fingerprint density at radius 1 is 0.939 bits per heavy atom. The lowest BCUT2D eigenvalue weighted by Gasteiger charge is -2.06. The molecule has 6 heteroatoms. The number of hydrogen-bond donors (Lipinski definition) is 0. The summed E-state index contributed by atoms with van der Waals surface area (Å²) in [5, 5.41) is 1.52. The Balaban J connectivity index is 1.50. The number of benzene rings is 3. The summed E-state index contributed by atoms with van der Waals surface area (Å²) >= 11 is 0. The van der Waals surface area contributed by atoms with Crippen molar-refractivity contribution in [3.63, 3.8) is 0 Å². The third kappa shape index (κ3) is 4.11. The topological polar surface area (TPSA) is 52.2 Å². The normalized spacial score (nSPS) is 11.6. The summed E-state index contributed by atoms with van der Waals surface area (Å²) in [6, 6.07) is 19.4. The first-order chi connectivity index (χ1) is 16.0. The molecule has 2 aromatic heterocycles. The van der Waals surface area contributed by atoms with Gasteiger partial charge >= 0.3 is 5.63 Å². The van der Waals surface area contributed by atoms with Gasteiger partial charge in [0.05, 0.1) is 0 Å². The largest absolute Gasteiger partial charge is 0.422 e. The van der Waals surface area contributed by atoms with Crippen LogP contribution in [0.3, 0.4) is 0 Å². The van der Waals surface area contributed by atoms with Crippen molar-refractivity contribution in [2.45, 2.75) is 6.54 Å². The SMILES string of the molecule is O=C(/C=C/c1cn(Cc2cc(F)cc(F)c2)c2ccccc12)c1cc2ccccc2oc1=O. The van der Waals surface area contributed by atoms with Gasteiger partial charge in [0.2, 0.25) is 0 Å². The zero-order chi connectivity index (χ0) is 22.9. The molecule has 0 aliphatic heterocycles. The summed E-state index contributed by atoms with van der Waals surface area (Å²) in [7, 11) is 0. The molecule has 0 N–H and O–H groups in total. The number of para-hydroxylation sites is 2. The second-order valence-corrected chi connectivity index (χ2v) is 7.69. The number of allylic oxidation sites excluding steroid dienone is 1. The van der Waals surface area contributed by atoms with E-state index in [-0.39, 0.29) is 12.1 Å². The van der Waals surface area contributed by atoms with Gasteiger partial charge in [-0.15, -0.1) is 0 Å². The number of rotatable bonds is 5. The van der Waals surface area contributed by atoms with Gasteiger partial charge in [-0.25, -0.2) is 13.6 Å². The predicted molar refractivity (Wildman–Crippen MR) is 123 cm³/mol. The molecule has 0 radical (unpaired) electrons. The lowest BCUT2D eigenvalue weighted by molar-refractivity contribution is 0.104. The second kappa shape index (κ2) is 8.31. The molecule has 0 aliphatic carbocycles. The van der Waals surface area contributed by atoms with Crippen molar-refractivity contribution >= 4 is 33.7 Å². The highest BCUT2D eigenvalue weighted by Gasteiger charge is 2.13. The van der Waals surface area contributed by atoms with Gasteiger partial charge in [-0.2, -0.15) is 0 Å². The zero-order valence-electron chi connectivity index (χ0n) is 17.3. The highest BCUT2D eigenvalue weighted by Crippen LogP contribution is 2.24. The fourth-order valence-corrected chi connectivity index (χ4v) is 3.93. The minimum Gasteiger partial charge on any atom is -0.422 e. The Kier molecular flexibility index (Phi) is 5.18. The number of hydrogen-bond acceptors (Lipinski definition) is 3. The Morgan fingerprint density at radius 2 is 1.67 bits per heavy atom. The van der Waals surface area contributed by atoms with Gasteiger partial charge in [-0.05, 0) is 48.0 Å². The van der Waals surface area contributed by atoms with Crippen molar-refractivity contribution in [2.24, 2.45) is 0 Å². The number of nitrogens with zero attached hydrogens (tertiary/aromatic N) is 1. The maximum Gasteiger partial charge on any atom is 0.347 e. The predicted octanol–water partition coefficient (Wildman–Crippen LogP) is 5.97. The molecular formula is C27H17F2NO3. The standard InChI is InChI=1S/C27H17F2NO3/c28-20-11-17(12-21(29)14-20)15-30-16-19(22-6-2-3-7-24(22)30)9-10-25(31)23-13-18-5-1-4-8-26(18)33-27(23)32/h1-14,16H,15H2/b10-9+. The summed E-state index contributed by atoms with van der Waals surface area (Å²) in [4.78, 5) is 25.0. The number of fused-ring (bicyclic) bond motifs is 2. The lowest BCUT2D eigenvalue weighted by atomic mass is 10.1. The molecule has 162 valence electrons. The van der Waals surface area contributed by atoms with E-state index in [1.54, 1.807) is 36.5 Å². The minimum atomic E-state index is -0.695. The third-order valence-electron chi connectivity index (χ3n) is 5.42. The average Bonchev–Trinajstić information content (AvgIpc) is 3.14. The molecule has 0 saturated heterocycles. The van der Waals surface area contributed by atoms with E-state index < -0.39 is 23.0 Å². The zero-order valence-corrected chi connectivity index (χ0v) is 17.3. The summed E-state index contributed by atoms with van der Waals surface area (Å²) in [6.07, 6.45) is 4.76. The van der Waals surface area contributed by atoms with Gasteiger partial charge in [-0.1, -0.05) is 36.4 Å². The average molecular weight is 441 g/mol. The van der Waals surface area contributed by atoms with Crippen molar-refractivity contribution in [3.8, 4) is 0 Å². The van der Waals surface area contributed by atoms with Crippen LogP contribution in [-0.2, 0) is 6.54 Å². The van der Waals surface area contributed by atoms with Crippen molar-refractivity contribution in [3.05, 3.63) is 124 Å². The fraction of sp³-hybridized carbons (Fsp3) is 0.0370. The Labute approximate surface area is 187 Å². The van der Waals surface area contributed by atoms with Crippen LogP contribution in [0.1, 0.15) is 21.5 Å². The number of ketones is 1. The number of aromatic nitrogens is 1. The Morgan fingerprint density at radius 3 is 2.48 bits per heavy atom. The van der Waals surface area contributed by atoms with Crippen LogP contribution in [0.5, 0.6) is 0 Å². The highest BCUT2D eigenvalue weighted by atomic mass is 19.1. The third-order valence-corrected chi connectivity index (χ3v) is 5.42. The van der Waals surface area contributed by atoms with Crippen LogP contribution in [0.4, 0.5) is 8.78 Å². The Hall–Kier alpha value is -4.32. The van der Waals surface area contributed by atoms with E-state index in [2.05, 4.69) is 0 Å². The molecular weight excluding hydrogens is 424 g/mol. The number of carbonyl (C=O) groups excluding carboxylic acids is 1. The van der Waals surface area contributed by atoms with Crippen LogP contribution < -0.4 is 5.63 Å². The molecule has 5 aromatic rings. The molecule has 3 aromatic carbocycles. The van der Waals surface area contributed by atoms with Crippen molar-refractivity contribution < 1.29 is 18.0 Å². The van der Waals surface area contributed by atoms with Gasteiger partial charge in [0.25, 0.3) is 0 Å². The summed E-state index contributed by atoms with van der Waals surface area (Å²) < 4.78 is 34.3. The summed E-state index contributed by atoms with van der Waals surface area (Å²) in [5.74, 6) is -1.75. The molecule has 0 saturated carbocycles. The molecule has 2 heterocycles. The van der Waals surface area contributed by atoms with E-state index in [9.17, 15) is 18.4 Å². The highest BCUT2D eigenvalue weighted by molar-refractivity contribution is 6.08. The summed E-state index contributed by atoms with van der Waals surface area (Å²) in [5.41, 5.74) is 1.73. The van der Waals surface area contributed by atoms with E-state index in [4.69, 9.17) is 4.42 Å². The van der Waals surface area contributed by atoms with Crippen molar-refractivity contribution in [1.82, 2.24) is 4.57 Å². The maximum absolute atomic E-state index is 13.6. The quantitative estimate of drug-likeness (QED) is 0.192. The van der Waals surface area contributed by atoms with Crippen LogP contribution >= 0.6 is 0 Å². The van der Waals surface area contributed by atoms with Crippen LogP contribution in [0.25, 0.3) is 27.9 Å². The van der Waals surface area contributed by atoms with Crippen LogP contribution in [0, 0.1) is 11.6 Å². The fourth-order valence-electron chi connectivity index (χ4n) is 3.93. The van der Waals surface area contributed by atoms with E-state index in [0.717, 1.165) is 22.5 Å². The van der Waals surface area contributed by atoms with E-state index in [1.165, 1.54) is 24.3 Å².